The van der Waals surface area contributed by atoms with E-state index in [-0.39, 0.29) is 17.6 Å². The second-order valence-electron chi connectivity index (χ2n) is 6.62. The van der Waals surface area contributed by atoms with Gasteiger partial charge in [-0.25, -0.2) is 4.79 Å². The number of alkyl carbamates (subject to hydrolysis) is 1. The van der Waals surface area contributed by atoms with Gasteiger partial charge in [-0.1, -0.05) is 26.0 Å². The van der Waals surface area contributed by atoms with E-state index in [0.717, 1.165) is 5.56 Å². The van der Waals surface area contributed by atoms with Gasteiger partial charge in [-0.2, -0.15) is 0 Å². The monoisotopic (exact) mass is 308 g/mol. The molecule has 0 aliphatic rings. The molecule has 0 fully saturated rings. The number of nitro groups is 1. The van der Waals surface area contributed by atoms with Gasteiger partial charge in [0.05, 0.1) is 4.92 Å². The van der Waals surface area contributed by atoms with Crippen molar-refractivity contribution in [1.29, 1.82) is 0 Å². The van der Waals surface area contributed by atoms with Crippen LogP contribution in [0, 0.1) is 16.0 Å². The van der Waals surface area contributed by atoms with Gasteiger partial charge in [0.15, 0.2) is 0 Å². The Morgan fingerprint density at radius 1 is 1.27 bits per heavy atom. The number of carbonyl (C=O) groups excluding carboxylic acids is 1. The summed E-state index contributed by atoms with van der Waals surface area (Å²) in [5.74, 6) is 0.211. The minimum atomic E-state index is -0.543. The molecule has 0 radical (unpaired) electrons. The highest BCUT2D eigenvalue weighted by Gasteiger charge is 2.21. The Bertz CT molecular complexity index is 518. The van der Waals surface area contributed by atoms with Crippen LogP contribution >= 0.6 is 0 Å². The fourth-order valence-electron chi connectivity index (χ4n) is 1.92. The van der Waals surface area contributed by atoms with E-state index in [0.29, 0.717) is 6.42 Å². The van der Waals surface area contributed by atoms with E-state index < -0.39 is 16.6 Å². The molecule has 0 aromatic heterocycles. The van der Waals surface area contributed by atoms with Gasteiger partial charge in [-0.3, -0.25) is 10.1 Å². The molecule has 6 heteroatoms. The Balaban J connectivity index is 2.72. The highest BCUT2D eigenvalue weighted by molar-refractivity contribution is 5.68. The predicted octanol–water partition coefficient (Wildman–Crippen LogP) is 3.69. The average Bonchev–Trinajstić information content (AvgIpc) is 2.36. The summed E-state index contributed by atoms with van der Waals surface area (Å²) in [6.45, 7) is 9.45. The number of nitrogens with one attached hydrogen (secondary N) is 1. The second-order valence-corrected chi connectivity index (χ2v) is 6.62. The molecule has 1 aromatic carbocycles. The summed E-state index contributed by atoms with van der Waals surface area (Å²) in [4.78, 5) is 22.1. The molecule has 0 heterocycles. The van der Waals surface area contributed by atoms with Crippen molar-refractivity contribution in [2.24, 2.45) is 5.92 Å². The Morgan fingerprint density at radius 3 is 2.23 bits per heavy atom. The number of carbonyl (C=O) groups is 1. The zero-order chi connectivity index (χ0) is 16.9. The molecule has 1 N–H and O–H groups in total. The van der Waals surface area contributed by atoms with Gasteiger partial charge >= 0.3 is 6.09 Å². The molecule has 1 aromatic rings. The predicted molar refractivity (Wildman–Crippen MR) is 84.8 cm³/mol. The molecule has 1 atom stereocenters. The molecule has 0 bridgehead atoms. The van der Waals surface area contributed by atoms with Crippen molar-refractivity contribution in [3.63, 3.8) is 0 Å². The lowest BCUT2D eigenvalue weighted by Crippen LogP contribution is -2.42. The molecule has 0 saturated heterocycles. The molecule has 0 saturated carbocycles. The largest absolute Gasteiger partial charge is 0.444 e. The molecule has 0 aliphatic heterocycles. The third kappa shape index (κ3) is 6.11. The van der Waals surface area contributed by atoms with E-state index in [4.69, 9.17) is 4.74 Å². The number of ether oxygens (including phenoxy) is 1. The van der Waals surface area contributed by atoms with E-state index in [1.54, 1.807) is 12.1 Å². The summed E-state index contributed by atoms with van der Waals surface area (Å²) >= 11 is 0. The van der Waals surface area contributed by atoms with E-state index in [1.807, 2.05) is 34.6 Å². The lowest BCUT2D eigenvalue weighted by Gasteiger charge is -2.25. The maximum atomic E-state index is 11.9. The van der Waals surface area contributed by atoms with E-state index >= 15 is 0 Å². The number of hydrogen-bond acceptors (Lipinski definition) is 4. The number of rotatable bonds is 5. The van der Waals surface area contributed by atoms with Crippen LogP contribution in [0.4, 0.5) is 10.5 Å². The number of nitro benzene ring substituents is 1. The average molecular weight is 308 g/mol. The van der Waals surface area contributed by atoms with Gasteiger partial charge in [-0.15, -0.1) is 0 Å². The van der Waals surface area contributed by atoms with Gasteiger partial charge in [0.25, 0.3) is 5.69 Å². The van der Waals surface area contributed by atoms with Crippen molar-refractivity contribution in [2.75, 3.05) is 0 Å². The van der Waals surface area contributed by atoms with Crippen molar-refractivity contribution in [1.82, 2.24) is 5.32 Å². The van der Waals surface area contributed by atoms with Crippen LogP contribution in [0.3, 0.4) is 0 Å². The summed E-state index contributed by atoms with van der Waals surface area (Å²) < 4.78 is 5.27. The second kappa shape index (κ2) is 7.24. The molecule has 122 valence electrons. The smallest absolute Gasteiger partial charge is 0.407 e. The summed E-state index contributed by atoms with van der Waals surface area (Å²) in [5.41, 5.74) is 0.448. The number of hydrogen-bond donors (Lipinski definition) is 1. The summed E-state index contributed by atoms with van der Waals surface area (Å²) in [5, 5.41) is 13.5. The molecule has 0 spiro atoms. The Kier molecular flexibility index (Phi) is 5.91. The SMILES string of the molecule is CC(C)[C@H](Cc1ccc([N+](=O)[O-])cc1)NC(=O)OC(C)(C)C. The lowest BCUT2D eigenvalue weighted by molar-refractivity contribution is -0.384. The molecule has 22 heavy (non-hydrogen) atoms. The first-order valence-electron chi connectivity index (χ1n) is 7.31. The zero-order valence-electron chi connectivity index (χ0n) is 13.8. The zero-order valence-corrected chi connectivity index (χ0v) is 13.8. The Morgan fingerprint density at radius 2 is 1.82 bits per heavy atom. The minimum absolute atomic E-state index is 0.0601. The quantitative estimate of drug-likeness (QED) is 0.664. The number of non-ortho nitro benzene ring substituents is 1. The lowest BCUT2D eigenvalue weighted by atomic mass is 9.96. The first kappa shape index (κ1) is 17.9. The highest BCUT2D eigenvalue weighted by atomic mass is 16.6. The first-order chi connectivity index (χ1) is 10.1. The van der Waals surface area contributed by atoms with Crippen LogP contribution in [-0.2, 0) is 11.2 Å². The van der Waals surface area contributed by atoms with Crippen molar-refractivity contribution in [3.8, 4) is 0 Å². The van der Waals surface area contributed by atoms with Crippen molar-refractivity contribution >= 4 is 11.8 Å². The van der Waals surface area contributed by atoms with Gasteiger partial charge in [0.2, 0.25) is 0 Å². The maximum Gasteiger partial charge on any atom is 0.407 e. The normalized spacial score (nSPS) is 12.8. The molecule has 1 rings (SSSR count). The molecule has 1 amide bonds. The molecular formula is C16H24N2O4. The van der Waals surface area contributed by atoms with Gasteiger partial charge in [0.1, 0.15) is 5.60 Å². The summed E-state index contributed by atoms with van der Waals surface area (Å²) in [6, 6.07) is 6.27. The van der Waals surface area contributed by atoms with Crippen molar-refractivity contribution in [2.45, 2.75) is 52.7 Å². The van der Waals surface area contributed by atoms with Crippen molar-refractivity contribution in [3.05, 3.63) is 39.9 Å². The Hall–Kier alpha value is -2.11. The number of benzene rings is 1. The van der Waals surface area contributed by atoms with Crippen LogP contribution in [0.15, 0.2) is 24.3 Å². The fraction of sp³-hybridized carbons (Fsp3) is 0.562. The standard InChI is InChI=1S/C16H24N2O4/c1-11(2)14(17-15(19)22-16(3,4)5)10-12-6-8-13(9-7-12)18(20)21/h6-9,11,14H,10H2,1-5H3,(H,17,19)/t14-/m0/s1. The minimum Gasteiger partial charge on any atom is -0.444 e. The molecular weight excluding hydrogens is 284 g/mol. The maximum absolute atomic E-state index is 11.9. The molecule has 6 nitrogen and oxygen atoms in total. The van der Waals surface area contributed by atoms with Crippen LogP contribution < -0.4 is 5.32 Å². The van der Waals surface area contributed by atoms with Crippen LogP contribution in [0.5, 0.6) is 0 Å². The van der Waals surface area contributed by atoms with E-state index in [1.165, 1.54) is 12.1 Å². The fourth-order valence-corrected chi connectivity index (χ4v) is 1.92. The van der Waals surface area contributed by atoms with E-state index in [2.05, 4.69) is 5.32 Å². The Labute approximate surface area is 131 Å². The topological polar surface area (TPSA) is 81.5 Å². The first-order valence-corrected chi connectivity index (χ1v) is 7.31. The number of amides is 1. The van der Waals surface area contributed by atoms with Gasteiger partial charge in [0, 0.05) is 18.2 Å². The van der Waals surface area contributed by atoms with E-state index in [9.17, 15) is 14.9 Å². The van der Waals surface area contributed by atoms with Crippen LogP contribution in [0.1, 0.15) is 40.2 Å². The van der Waals surface area contributed by atoms with Crippen LogP contribution in [-0.4, -0.2) is 22.7 Å². The summed E-state index contributed by atoms with van der Waals surface area (Å²) in [7, 11) is 0. The number of nitrogens with zero attached hydrogens (tertiary/aromatic N) is 1. The van der Waals surface area contributed by atoms with Crippen LogP contribution in [0.2, 0.25) is 0 Å². The molecule has 0 aliphatic carbocycles. The van der Waals surface area contributed by atoms with Gasteiger partial charge < -0.3 is 10.1 Å². The molecule has 0 unspecified atom stereocenters. The van der Waals surface area contributed by atoms with Crippen molar-refractivity contribution < 1.29 is 14.5 Å². The van der Waals surface area contributed by atoms with Crippen LogP contribution in [0.25, 0.3) is 0 Å². The third-order valence-corrected chi connectivity index (χ3v) is 3.11. The summed E-state index contributed by atoms with van der Waals surface area (Å²) in [6.07, 6.45) is 0.141. The van der Waals surface area contributed by atoms with Gasteiger partial charge in [-0.05, 0) is 38.7 Å². The third-order valence-electron chi connectivity index (χ3n) is 3.11. The highest BCUT2D eigenvalue weighted by Crippen LogP contribution is 2.16.